The van der Waals surface area contributed by atoms with Crippen LogP contribution in [0.3, 0.4) is 0 Å². The van der Waals surface area contributed by atoms with Crippen molar-refractivity contribution >= 4 is 5.91 Å². The Labute approximate surface area is 113 Å². The summed E-state index contributed by atoms with van der Waals surface area (Å²) in [5.74, 6) is 0.00803. The molecule has 0 aromatic heterocycles. The van der Waals surface area contributed by atoms with Crippen molar-refractivity contribution in [2.24, 2.45) is 17.6 Å². The lowest BCUT2D eigenvalue weighted by Gasteiger charge is -2.24. The van der Waals surface area contributed by atoms with E-state index in [-0.39, 0.29) is 17.9 Å². The first-order valence-corrected chi connectivity index (χ1v) is 6.56. The molecule has 1 unspecified atom stereocenters. The second-order valence-electron chi connectivity index (χ2n) is 5.35. The number of rotatable bonds is 3. The van der Waals surface area contributed by atoms with E-state index in [0.29, 0.717) is 18.0 Å². The fraction of sp³-hybridized carbons (Fsp3) is 0.467. The predicted octanol–water partition coefficient (Wildman–Crippen LogP) is 1.67. The van der Waals surface area contributed by atoms with Gasteiger partial charge in [0, 0.05) is 19.1 Å². The van der Waals surface area contributed by atoms with Gasteiger partial charge >= 0.3 is 0 Å². The molecule has 1 amide bonds. The van der Waals surface area contributed by atoms with Crippen LogP contribution in [0.4, 0.5) is 0 Å². The first-order valence-electron chi connectivity index (χ1n) is 6.56. The van der Waals surface area contributed by atoms with Gasteiger partial charge in [0.15, 0.2) is 0 Å². The third-order valence-electron chi connectivity index (χ3n) is 4.05. The van der Waals surface area contributed by atoms with Crippen molar-refractivity contribution < 1.29 is 4.79 Å². The van der Waals surface area contributed by atoms with E-state index in [1.165, 1.54) is 0 Å². The number of nitrogens with zero attached hydrogens (tertiary/aromatic N) is 2. The number of likely N-dealkylation sites (tertiary alicyclic amines) is 1. The molecule has 2 N–H and O–H groups in total. The number of nitrogens with two attached hydrogens (primary N) is 1. The topological polar surface area (TPSA) is 70.1 Å². The van der Waals surface area contributed by atoms with Crippen molar-refractivity contribution in [1.82, 2.24) is 4.90 Å². The molecule has 100 valence electrons. The fourth-order valence-corrected chi connectivity index (χ4v) is 2.77. The number of carbonyl (C=O) groups excluding carboxylic acids is 1. The molecule has 0 bridgehead atoms. The van der Waals surface area contributed by atoms with Crippen LogP contribution in [0.15, 0.2) is 24.3 Å². The van der Waals surface area contributed by atoms with E-state index in [1.807, 2.05) is 18.2 Å². The Morgan fingerprint density at radius 2 is 2.26 bits per heavy atom. The zero-order valence-corrected chi connectivity index (χ0v) is 11.3. The summed E-state index contributed by atoms with van der Waals surface area (Å²) in [6.07, 6.45) is 0. The highest BCUT2D eigenvalue weighted by molar-refractivity contribution is 5.77. The van der Waals surface area contributed by atoms with E-state index < -0.39 is 0 Å². The lowest BCUT2D eigenvalue weighted by molar-refractivity contribution is -0.122. The number of primary amides is 1. The van der Waals surface area contributed by atoms with E-state index in [2.05, 4.69) is 24.8 Å². The largest absolute Gasteiger partial charge is 0.369 e. The zero-order chi connectivity index (χ0) is 14.0. The predicted molar refractivity (Wildman–Crippen MR) is 73.0 cm³/mol. The molecule has 4 nitrogen and oxygen atoms in total. The molecule has 1 saturated heterocycles. The Bertz CT molecular complexity index is 520. The number of amides is 1. The van der Waals surface area contributed by atoms with E-state index in [0.717, 1.165) is 12.1 Å². The lowest BCUT2D eigenvalue weighted by Crippen LogP contribution is -2.30. The van der Waals surface area contributed by atoms with Crippen LogP contribution < -0.4 is 5.73 Å². The molecule has 0 aliphatic carbocycles. The third-order valence-corrected chi connectivity index (χ3v) is 4.05. The van der Waals surface area contributed by atoms with Gasteiger partial charge < -0.3 is 5.73 Å². The molecule has 2 rings (SSSR count). The molecule has 3 atom stereocenters. The second kappa shape index (κ2) is 5.41. The van der Waals surface area contributed by atoms with Gasteiger partial charge in [-0.05, 0) is 30.5 Å². The number of nitriles is 1. The Balaban J connectivity index is 2.15. The normalized spacial score (nSPS) is 24.9. The smallest absolute Gasteiger partial charge is 0.222 e. The molecular formula is C15H19N3O. The molecule has 1 heterocycles. The Kier molecular flexibility index (Phi) is 3.87. The van der Waals surface area contributed by atoms with Gasteiger partial charge in [-0.1, -0.05) is 19.1 Å². The fourth-order valence-electron chi connectivity index (χ4n) is 2.77. The van der Waals surface area contributed by atoms with Crippen LogP contribution in [0.2, 0.25) is 0 Å². The summed E-state index contributed by atoms with van der Waals surface area (Å²) in [5, 5.41) is 8.94. The summed E-state index contributed by atoms with van der Waals surface area (Å²) in [6.45, 7) is 5.74. The van der Waals surface area contributed by atoms with Gasteiger partial charge in [-0.25, -0.2) is 0 Å². The van der Waals surface area contributed by atoms with E-state index in [9.17, 15) is 4.79 Å². The van der Waals surface area contributed by atoms with Crippen molar-refractivity contribution in [3.63, 3.8) is 0 Å². The summed E-state index contributed by atoms with van der Waals surface area (Å²) >= 11 is 0. The zero-order valence-electron chi connectivity index (χ0n) is 11.3. The third kappa shape index (κ3) is 2.77. The maximum atomic E-state index is 11.4. The maximum absolute atomic E-state index is 11.4. The highest BCUT2D eigenvalue weighted by Gasteiger charge is 2.35. The highest BCUT2D eigenvalue weighted by Crippen LogP contribution is 2.30. The molecule has 1 aliphatic heterocycles. The minimum absolute atomic E-state index is 0.0680. The number of benzene rings is 1. The van der Waals surface area contributed by atoms with Gasteiger partial charge in [-0.3, -0.25) is 9.69 Å². The molecule has 0 radical (unpaired) electrons. The van der Waals surface area contributed by atoms with Gasteiger partial charge in [0.1, 0.15) is 0 Å². The van der Waals surface area contributed by atoms with Crippen LogP contribution in [-0.2, 0) is 4.79 Å². The van der Waals surface area contributed by atoms with Crippen molar-refractivity contribution in [2.45, 2.75) is 19.9 Å². The van der Waals surface area contributed by atoms with E-state index in [4.69, 9.17) is 11.0 Å². The van der Waals surface area contributed by atoms with Gasteiger partial charge in [-0.15, -0.1) is 0 Å². The molecular weight excluding hydrogens is 238 g/mol. The molecule has 19 heavy (non-hydrogen) atoms. The van der Waals surface area contributed by atoms with Crippen molar-refractivity contribution in [3.05, 3.63) is 35.4 Å². The summed E-state index contributed by atoms with van der Waals surface area (Å²) in [7, 11) is 0. The monoisotopic (exact) mass is 257 g/mol. The SMILES string of the molecule is CC(c1cccc(C#N)c1)N1C[C@@H](C)[C@H](C(N)=O)C1. The van der Waals surface area contributed by atoms with Crippen LogP contribution in [0.1, 0.15) is 31.0 Å². The van der Waals surface area contributed by atoms with Crippen LogP contribution >= 0.6 is 0 Å². The molecule has 1 aliphatic rings. The quantitative estimate of drug-likeness (QED) is 0.895. The summed E-state index contributed by atoms with van der Waals surface area (Å²) in [5.41, 5.74) is 7.20. The van der Waals surface area contributed by atoms with Crippen LogP contribution in [0.25, 0.3) is 0 Å². The molecule has 4 heteroatoms. The average molecular weight is 257 g/mol. The Hall–Kier alpha value is -1.86. The molecule has 1 fully saturated rings. The molecule has 1 aromatic carbocycles. The van der Waals surface area contributed by atoms with Crippen molar-refractivity contribution in [2.75, 3.05) is 13.1 Å². The van der Waals surface area contributed by atoms with E-state index in [1.54, 1.807) is 6.07 Å². The standard InChI is InChI=1S/C15H19N3O/c1-10-8-18(9-14(10)15(17)19)11(2)13-5-3-4-12(6-13)7-16/h3-6,10-11,14H,8-9H2,1-2H3,(H2,17,19)/t10-,11?,14-/m1/s1. The number of hydrogen-bond donors (Lipinski definition) is 1. The minimum Gasteiger partial charge on any atom is -0.369 e. The summed E-state index contributed by atoms with van der Waals surface area (Å²) in [6, 6.07) is 9.98. The molecule has 1 aromatic rings. The summed E-state index contributed by atoms with van der Waals surface area (Å²) in [4.78, 5) is 13.6. The molecule has 0 spiro atoms. The second-order valence-corrected chi connectivity index (χ2v) is 5.35. The van der Waals surface area contributed by atoms with Crippen molar-refractivity contribution in [1.29, 1.82) is 5.26 Å². The Morgan fingerprint density at radius 3 is 2.84 bits per heavy atom. The highest BCUT2D eigenvalue weighted by atomic mass is 16.1. The molecule has 0 saturated carbocycles. The van der Waals surface area contributed by atoms with Crippen LogP contribution in [0, 0.1) is 23.2 Å². The maximum Gasteiger partial charge on any atom is 0.222 e. The van der Waals surface area contributed by atoms with Crippen molar-refractivity contribution in [3.8, 4) is 6.07 Å². The Morgan fingerprint density at radius 1 is 1.53 bits per heavy atom. The number of hydrogen-bond acceptors (Lipinski definition) is 3. The van der Waals surface area contributed by atoms with Gasteiger partial charge in [-0.2, -0.15) is 5.26 Å². The van der Waals surface area contributed by atoms with Gasteiger partial charge in [0.25, 0.3) is 0 Å². The van der Waals surface area contributed by atoms with Crippen LogP contribution in [-0.4, -0.2) is 23.9 Å². The first-order chi connectivity index (χ1) is 9.02. The van der Waals surface area contributed by atoms with Crippen LogP contribution in [0.5, 0.6) is 0 Å². The number of carbonyl (C=O) groups is 1. The lowest BCUT2D eigenvalue weighted by atomic mass is 9.98. The first kappa shape index (κ1) is 13.6. The van der Waals surface area contributed by atoms with E-state index >= 15 is 0 Å². The van der Waals surface area contributed by atoms with Gasteiger partial charge in [0.05, 0.1) is 17.6 Å². The summed E-state index contributed by atoms with van der Waals surface area (Å²) < 4.78 is 0. The van der Waals surface area contributed by atoms with Gasteiger partial charge in [0.2, 0.25) is 5.91 Å². The minimum atomic E-state index is -0.215. The average Bonchev–Trinajstić information content (AvgIpc) is 2.80.